The lowest BCUT2D eigenvalue weighted by Gasteiger charge is -2.19. The van der Waals surface area contributed by atoms with Crippen molar-refractivity contribution < 1.29 is 9.47 Å². The molecule has 0 spiro atoms. The van der Waals surface area contributed by atoms with Gasteiger partial charge < -0.3 is 9.47 Å². The van der Waals surface area contributed by atoms with Gasteiger partial charge in [-0.25, -0.2) is 0 Å². The van der Waals surface area contributed by atoms with Crippen molar-refractivity contribution in [2.24, 2.45) is 4.99 Å². The number of hydrogen-bond donors (Lipinski definition) is 0. The molecular weight excluding hydrogens is 346 g/mol. The van der Waals surface area contributed by atoms with Crippen molar-refractivity contribution in [1.82, 2.24) is 0 Å². The molecule has 1 aliphatic carbocycles. The van der Waals surface area contributed by atoms with E-state index in [9.17, 15) is 0 Å². The topological polar surface area (TPSA) is 30.8 Å². The number of benzene rings is 3. The van der Waals surface area contributed by atoms with Gasteiger partial charge >= 0.3 is 0 Å². The average molecular weight is 367 g/mol. The SMILES string of the molecule is COc1cc2c(cc1OC)C(C=C1c3ccccc3-c3ccccc31)=NCC2. The minimum absolute atomic E-state index is 0.737. The quantitative estimate of drug-likeness (QED) is 0.501. The van der Waals surface area contributed by atoms with Crippen LogP contribution in [0.2, 0.25) is 0 Å². The van der Waals surface area contributed by atoms with Crippen LogP contribution in [-0.4, -0.2) is 26.5 Å². The number of allylic oxidation sites excluding steroid dienone is 1. The summed E-state index contributed by atoms with van der Waals surface area (Å²) in [6.07, 6.45) is 3.14. The summed E-state index contributed by atoms with van der Waals surface area (Å²) >= 11 is 0. The molecule has 5 rings (SSSR count). The fraction of sp³-hybridized carbons (Fsp3) is 0.160. The van der Waals surface area contributed by atoms with Gasteiger partial charge in [0.25, 0.3) is 0 Å². The first-order valence-corrected chi connectivity index (χ1v) is 9.50. The third kappa shape index (κ3) is 2.55. The Morgan fingerprint density at radius 3 is 1.93 bits per heavy atom. The van der Waals surface area contributed by atoms with Gasteiger partial charge in [0, 0.05) is 12.1 Å². The van der Waals surface area contributed by atoms with Crippen molar-refractivity contribution in [3.63, 3.8) is 0 Å². The van der Waals surface area contributed by atoms with Gasteiger partial charge in [0.2, 0.25) is 0 Å². The van der Waals surface area contributed by atoms with E-state index in [-0.39, 0.29) is 0 Å². The highest BCUT2D eigenvalue weighted by Gasteiger charge is 2.24. The maximum atomic E-state index is 5.53. The summed E-state index contributed by atoms with van der Waals surface area (Å²) in [6, 6.07) is 21.3. The second-order valence-electron chi connectivity index (χ2n) is 7.03. The maximum absolute atomic E-state index is 5.53. The van der Waals surface area contributed by atoms with Gasteiger partial charge in [-0.2, -0.15) is 0 Å². The Kier molecular flexibility index (Phi) is 4.01. The zero-order chi connectivity index (χ0) is 19.1. The fourth-order valence-corrected chi connectivity index (χ4v) is 4.21. The standard InChI is InChI=1S/C25H21NO2/c1-27-24-13-16-11-12-26-23(21(16)15-25(24)28-2)14-22-19-9-5-3-7-17(19)18-8-4-6-10-20(18)22/h3-10,13-15H,11-12H2,1-2H3. The molecule has 0 radical (unpaired) electrons. The summed E-state index contributed by atoms with van der Waals surface area (Å²) < 4.78 is 11.0. The number of aliphatic imine (C=N–C) groups is 1. The molecule has 3 aromatic carbocycles. The summed E-state index contributed by atoms with van der Waals surface area (Å²) in [4.78, 5) is 4.85. The number of fused-ring (bicyclic) bond motifs is 4. The Labute approximate surface area is 165 Å². The van der Waals surface area contributed by atoms with Crippen molar-refractivity contribution >= 4 is 11.3 Å². The lowest BCUT2D eigenvalue weighted by molar-refractivity contribution is 0.354. The maximum Gasteiger partial charge on any atom is 0.161 e. The van der Waals surface area contributed by atoms with E-state index in [2.05, 4.69) is 66.7 Å². The second-order valence-corrected chi connectivity index (χ2v) is 7.03. The molecular formula is C25H21NO2. The minimum atomic E-state index is 0.737. The predicted molar refractivity (Wildman–Crippen MR) is 114 cm³/mol. The monoisotopic (exact) mass is 367 g/mol. The molecule has 3 nitrogen and oxygen atoms in total. The van der Waals surface area contributed by atoms with Crippen LogP contribution in [0.4, 0.5) is 0 Å². The molecule has 3 heteroatoms. The molecule has 138 valence electrons. The molecule has 2 aliphatic rings. The van der Waals surface area contributed by atoms with Crippen LogP contribution in [0.3, 0.4) is 0 Å². The van der Waals surface area contributed by atoms with Crippen LogP contribution in [-0.2, 0) is 6.42 Å². The first-order valence-electron chi connectivity index (χ1n) is 9.50. The van der Waals surface area contributed by atoms with Crippen LogP contribution in [0.1, 0.15) is 22.3 Å². The summed E-state index contributed by atoms with van der Waals surface area (Å²) in [5, 5.41) is 0. The normalized spacial score (nSPS) is 13.9. The minimum Gasteiger partial charge on any atom is -0.493 e. The van der Waals surface area contributed by atoms with Crippen molar-refractivity contribution in [2.45, 2.75) is 6.42 Å². The number of nitrogens with zero attached hydrogens (tertiary/aromatic N) is 1. The van der Waals surface area contributed by atoms with Gasteiger partial charge in [0.1, 0.15) is 0 Å². The highest BCUT2D eigenvalue weighted by Crippen LogP contribution is 2.44. The van der Waals surface area contributed by atoms with Gasteiger partial charge in [-0.1, -0.05) is 48.5 Å². The van der Waals surface area contributed by atoms with Gasteiger partial charge in [0.15, 0.2) is 11.5 Å². The average Bonchev–Trinajstić information content (AvgIpc) is 3.07. The molecule has 0 N–H and O–H groups in total. The lowest BCUT2D eigenvalue weighted by Crippen LogP contribution is -2.12. The van der Waals surface area contributed by atoms with E-state index in [1.54, 1.807) is 14.2 Å². The van der Waals surface area contributed by atoms with Crippen LogP contribution in [0.25, 0.3) is 16.7 Å². The molecule has 0 saturated heterocycles. The molecule has 28 heavy (non-hydrogen) atoms. The Hall–Kier alpha value is -3.33. The van der Waals surface area contributed by atoms with Gasteiger partial charge in [-0.3, -0.25) is 4.99 Å². The van der Waals surface area contributed by atoms with E-state index in [4.69, 9.17) is 14.5 Å². The molecule has 0 bridgehead atoms. The number of ether oxygens (including phenoxy) is 2. The largest absolute Gasteiger partial charge is 0.493 e. The Morgan fingerprint density at radius 2 is 1.32 bits per heavy atom. The molecule has 0 fully saturated rings. The van der Waals surface area contributed by atoms with Crippen molar-refractivity contribution in [3.8, 4) is 22.6 Å². The summed E-state index contributed by atoms with van der Waals surface area (Å²) in [5.41, 5.74) is 9.70. The predicted octanol–water partition coefficient (Wildman–Crippen LogP) is 5.16. The van der Waals surface area contributed by atoms with E-state index < -0.39 is 0 Å². The number of methoxy groups -OCH3 is 2. The van der Waals surface area contributed by atoms with Crippen LogP contribution < -0.4 is 9.47 Å². The third-order valence-corrected chi connectivity index (χ3v) is 5.55. The first-order chi connectivity index (χ1) is 13.8. The third-order valence-electron chi connectivity index (χ3n) is 5.55. The van der Waals surface area contributed by atoms with Gasteiger partial charge in [-0.15, -0.1) is 0 Å². The van der Waals surface area contributed by atoms with Crippen molar-refractivity contribution in [1.29, 1.82) is 0 Å². The van der Waals surface area contributed by atoms with Crippen LogP contribution in [0.15, 0.2) is 71.7 Å². The van der Waals surface area contributed by atoms with Crippen LogP contribution in [0.5, 0.6) is 11.5 Å². The first kappa shape index (κ1) is 16.8. The van der Waals surface area contributed by atoms with Gasteiger partial charge in [0.05, 0.1) is 19.9 Å². The lowest BCUT2D eigenvalue weighted by atomic mass is 9.93. The highest BCUT2D eigenvalue weighted by molar-refractivity contribution is 6.17. The smallest absolute Gasteiger partial charge is 0.161 e. The van der Waals surface area contributed by atoms with E-state index in [0.717, 1.165) is 35.7 Å². The van der Waals surface area contributed by atoms with Crippen LogP contribution >= 0.6 is 0 Å². The Morgan fingerprint density at radius 1 is 0.750 bits per heavy atom. The molecule has 0 atom stereocenters. The molecule has 0 unspecified atom stereocenters. The molecule has 0 saturated carbocycles. The molecule has 3 aromatic rings. The molecule has 0 aromatic heterocycles. The van der Waals surface area contributed by atoms with E-state index in [1.807, 2.05) is 0 Å². The Bertz CT molecular complexity index is 1090. The number of rotatable bonds is 3. The van der Waals surface area contributed by atoms with Gasteiger partial charge in [-0.05, 0) is 58.0 Å². The summed E-state index contributed by atoms with van der Waals surface area (Å²) in [5.74, 6) is 1.51. The molecule has 1 aliphatic heterocycles. The zero-order valence-electron chi connectivity index (χ0n) is 16.0. The number of hydrogen-bond acceptors (Lipinski definition) is 3. The highest BCUT2D eigenvalue weighted by atomic mass is 16.5. The summed E-state index contributed by atoms with van der Waals surface area (Å²) in [7, 11) is 3.35. The van der Waals surface area contributed by atoms with E-state index in [0.29, 0.717) is 0 Å². The Balaban J connectivity index is 1.68. The molecule has 0 amide bonds. The van der Waals surface area contributed by atoms with E-state index in [1.165, 1.54) is 33.4 Å². The molecule has 1 heterocycles. The zero-order valence-corrected chi connectivity index (χ0v) is 16.0. The van der Waals surface area contributed by atoms with Crippen LogP contribution in [0, 0.1) is 0 Å². The van der Waals surface area contributed by atoms with E-state index >= 15 is 0 Å². The summed E-state index contributed by atoms with van der Waals surface area (Å²) in [6.45, 7) is 0.783. The van der Waals surface area contributed by atoms with Crippen molar-refractivity contribution in [2.75, 3.05) is 20.8 Å². The fourth-order valence-electron chi connectivity index (χ4n) is 4.21. The second kappa shape index (κ2) is 6.68. The van der Waals surface area contributed by atoms with Crippen molar-refractivity contribution in [3.05, 3.63) is 89.0 Å².